The van der Waals surface area contributed by atoms with Gasteiger partial charge in [-0.2, -0.15) is 10.2 Å². The molecule has 0 saturated carbocycles. The minimum atomic E-state index is -0.242. The third kappa shape index (κ3) is 10.1. The van der Waals surface area contributed by atoms with Crippen molar-refractivity contribution in [3.63, 3.8) is 0 Å². The Morgan fingerprint density at radius 1 is 0.649 bits per heavy atom. The summed E-state index contributed by atoms with van der Waals surface area (Å²) in [5, 5.41) is 8.42. The highest BCUT2D eigenvalue weighted by Crippen LogP contribution is 2.24. The Morgan fingerprint density at radius 2 is 1.30 bits per heavy atom. The molecule has 0 heterocycles. The Kier molecular flexibility index (Phi) is 12.8. The van der Waals surface area contributed by atoms with Gasteiger partial charge in [0.15, 0.2) is 0 Å². The molecule has 0 unspecified atom stereocenters. The highest BCUT2D eigenvalue weighted by molar-refractivity contribution is 5.84. The van der Waals surface area contributed by atoms with Crippen LogP contribution in [0.3, 0.4) is 0 Å². The minimum Gasteiger partial charge on any atom is -0.206 e. The van der Waals surface area contributed by atoms with Crippen molar-refractivity contribution in [1.29, 1.82) is 0 Å². The first kappa shape index (κ1) is 28.5. The normalized spacial score (nSPS) is 11.6. The van der Waals surface area contributed by atoms with Crippen LogP contribution in [0.4, 0.5) is 4.39 Å². The molecule has 3 heteroatoms. The number of nitrogens with zero attached hydrogens (tertiary/aromatic N) is 2. The van der Waals surface area contributed by atoms with Gasteiger partial charge in [-0.1, -0.05) is 126 Å². The first-order chi connectivity index (χ1) is 18.2. The summed E-state index contributed by atoms with van der Waals surface area (Å²) in [6.07, 6.45) is 18.3. The highest BCUT2D eigenvalue weighted by Gasteiger charge is 2.06. The van der Waals surface area contributed by atoms with Crippen molar-refractivity contribution < 1.29 is 4.39 Å². The van der Waals surface area contributed by atoms with Gasteiger partial charge in [-0.25, -0.2) is 4.39 Å². The predicted molar refractivity (Wildman–Crippen MR) is 158 cm³/mol. The number of hydrogen-bond donors (Lipinski definition) is 0. The monoisotopic (exact) mass is 498 g/mol. The summed E-state index contributed by atoms with van der Waals surface area (Å²) in [4.78, 5) is 0. The van der Waals surface area contributed by atoms with Gasteiger partial charge in [-0.05, 0) is 59.6 Å². The van der Waals surface area contributed by atoms with E-state index in [1.165, 1.54) is 81.4 Å². The van der Waals surface area contributed by atoms with Gasteiger partial charge in [0.05, 0.1) is 12.4 Å². The molecule has 3 aromatic carbocycles. The topological polar surface area (TPSA) is 24.7 Å². The summed E-state index contributed by atoms with van der Waals surface area (Å²) in [7, 11) is 0. The second-order valence-electron chi connectivity index (χ2n) is 9.95. The summed E-state index contributed by atoms with van der Waals surface area (Å²) in [5.41, 5.74) is 5.94. The maximum absolute atomic E-state index is 14.9. The lowest BCUT2D eigenvalue weighted by Gasteiger charge is -2.07. The fraction of sp³-hybridized carbons (Fsp3) is 0.412. The van der Waals surface area contributed by atoms with E-state index >= 15 is 0 Å². The quantitative estimate of drug-likeness (QED) is 0.107. The average molecular weight is 499 g/mol. The SMILES string of the molecule is CCCCCCCc1ccc(-c2ccc(C=NN=Cc3ccccc3CCCCCCC)cc2F)cc1. The van der Waals surface area contributed by atoms with E-state index in [-0.39, 0.29) is 5.82 Å². The van der Waals surface area contributed by atoms with E-state index in [9.17, 15) is 4.39 Å². The van der Waals surface area contributed by atoms with E-state index < -0.39 is 0 Å². The van der Waals surface area contributed by atoms with E-state index in [4.69, 9.17) is 0 Å². The zero-order chi connectivity index (χ0) is 26.1. The average Bonchev–Trinajstić information content (AvgIpc) is 2.92. The molecule has 0 aromatic heterocycles. The van der Waals surface area contributed by atoms with Gasteiger partial charge in [0.25, 0.3) is 0 Å². The van der Waals surface area contributed by atoms with Gasteiger partial charge >= 0.3 is 0 Å². The third-order valence-electron chi connectivity index (χ3n) is 6.90. The van der Waals surface area contributed by atoms with Crippen molar-refractivity contribution in [2.75, 3.05) is 0 Å². The van der Waals surface area contributed by atoms with Crippen molar-refractivity contribution in [3.05, 3.63) is 94.8 Å². The molecular weight excluding hydrogens is 455 g/mol. The van der Waals surface area contributed by atoms with Crippen LogP contribution in [0.25, 0.3) is 11.1 Å². The Morgan fingerprint density at radius 3 is 2.00 bits per heavy atom. The van der Waals surface area contributed by atoms with Gasteiger partial charge < -0.3 is 0 Å². The number of benzene rings is 3. The van der Waals surface area contributed by atoms with Crippen LogP contribution in [-0.4, -0.2) is 12.4 Å². The minimum absolute atomic E-state index is 0.242. The van der Waals surface area contributed by atoms with Gasteiger partial charge in [0, 0.05) is 5.56 Å². The molecule has 0 saturated heterocycles. The summed E-state index contributed by atoms with van der Waals surface area (Å²) in [6, 6.07) is 21.9. The van der Waals surface area contributed by atoms with E-state index in [0.29, 0.717) is 11.1 Å². The Balaban J connectivity index is 1.54. The molecule has 0 bridgehead atoms. The van der Waals surface area contributed by atoms with Crippen LogP contribution in [0.1, 0.15) is 100 Å². The van der Waals surface area contributed by atoms with Gasteiger partial charge in [0.2, 0.25) is 0 Å². The molecule has 0 N–H and O–H groups in total. The summed E-state index contributed by atoms with van der Waals surface area (Å²) >= 11 is 0. The number of unbranched alkanes of at least 4 members (excludes halogenated alkanes) is 8. The molecule has 2 nitrogen and oxygen atoms in total. The molecule has 0 aliphatic heterocycles. The molecule has 196 valence electrons. The molecule has 3 aromatic rings. The Labute approximate surface area is 223 Å². The van der Waals surface area contributed by atoms with Crippen LogP contribution in [0.5, 0.6) is 0 Å². The first-order valence-electron chi connectivity index (χ1n) is 14.2. The molecule has 37 heavy (non-hydrogen) atoms. The van der Waals surface area contributed by atoms with E-state index in [0.717, 1.165) is 24.0 Å². The zero-order valence-electron chi connectivity index (χ0n) is 22.8. The first-order valence-corrected chi connectivity index (χ1v) is 14.2. The number of rotatable bonds is 16. The van der Waals surface area contributed by atoms with Crippen molar-refractivity contribution in [2.24, 2.45) is 10.2 Å². The van der Waals surface area contributed by atoms with Crippen molar-refractivity contribution in [2.45, 2.75) is 90.9 Å². The standard InChI is InChI=1S/C34H43FN2/c1-3-5-7-9-11-15-28-19-22-31(23-20-28)33-24-21-29(25-34(33)35)26-36-37-27-32-18-14-13-17-30(32)16-12-10-8-6-4-2/h13-14,17-27H,3-12,15-16H2,1-2H3. The zero-order valence-corrected chi connectivity index (χ0v) is 22.8. The molecule has 0 aliphatic rings. The second-order valence-corrected chi connectivity index (χ2v) is 9.95. The van der Waals surface area contributed by atoms with Gasteiger partial charge in [0.1, 0.15) is 5.82 Å². The van der Waals surface area contributed by atoms with Crippen molar-refractivity contribution >= 4 is 12.4 Å². The Bertz CT molecular complexity index is 1110. The molecule has 0 radical (unpaired) electrons. The maximum Gasteiger partial charge on any atom is 0.131 e. The number of halogens is 1. The lowest BCUT2D eigenvalue weighted by atomic mass is 10.00. The fourth-order valence-electron chi connectivity index (χ4n) is 4.63. The molecule has 0 amide bonds. The number of aryl methyl sites for hydroxylation is 2. The molecule has 0 fully saturated rings. The van der Waals surface area contributed by atoms with Crippen LogP contribution < -0.4 is 0 Å². The van der Waals surface area contributed by atoms with Crippen LogP contribution in [0, 0.1) is 5.82 Å². The smallest absolute Gasteiger partial charge is 0.131 e. The lowest BCUT2D eigenvalue weighted by molar-refractivity contribution is 0.630. The van der Waals surface area contributed by atoms with Crippen LogP contribution in [-0.2, 0) is 12.8 Å². The highest BCUT2D eigenvalue weighted by atomic mass is 19.1. The summed E-state index contributed by atoms with van der Waals surface area (Å²) in [6.45, 7) is 4.48. The molecule has 0 atom stereocenters. The molecule has 3 rings (SSSR count). The van der Waals surface area contributed by atoms with E-state index in [1.807, 2.05) is 30.3 Å². The van der Waals surface area contributed by atoms with Crippen molar-refractivity contribution in [3.8, 4) is 11.1 Å². The third-order valence-corrected chi connectivity index (χ3v) is 6.90. The maximum atomic E-state index is 14.9. The Hall–Kier alpha value is -3.07. The van der Waals surface area contributed by atoms with Crippen molar-refractivity contribution in [1.82, 2.24) is 0 Å². The lowest BCUT2D eigenvalue weighted by Crippen LogP contribution is -1.93. The number of hydrogen-bond acceptors (Lipinski definition) is 2. The largest absolute Gasteiger partial charge is 0.206 e. The van der Waals surface area contributed by atoms with Gasteiger partial charge in [-0.3, -0.25) is 0 Å². The van der Waals surface area contributed by atoms with Crippen LogP contribution >= 0.6 is 0 Å². The molecular formula is C34H43FN2. The van der Waals surface area contributed by atoms with E-state index in [1.54, 1.807) is 12.4 Å². The predicted octanol–water partition coefficient (Wildman–Crippen LogP) is 9.97. The van der Waals surface area contributed by atoms with Crippen LogP contribution in [0.15, 0.2) is 76.9 Å². The summed E-state index contributed by atoms with van der Waals surface area (Å²) in [5.74, 6) is -0.242. The summed E-state index contributed by atoms with van der Waals surface area (Å²) < 4.78 is 14.9. The van der Waals surface area contributed by atoms with Gasteiger partial charge in [-0.15, -0.1) is 0 Å². The van der Waals surface area contributed by atoms with Crippen LogP contribution in [0.2, 0.25) is 0 Å². The molecule has 0 aliphatic carbocycles. The second kappa shape index (κ2) is 16.6. The fourth-order valence-corrected chi connectivity index (χ4v) is 4.63. The van der Waals surface area contributed by atoms with E-state index in [2.05, 4.69) is 54.4 Å². The molecule has 0 spiro atoms.